The van der Waals surface area contributed by atoms with Crippen LogP contribution in [0.1, 0.15) is 16.7 Å². The van der Waals surface area contributed by atoms with Crippen LogP contribution in [0.4, 0.5) is 0 Å². The summed E-state index contributed by atoms with van der Waals surface area (Å²) in [7, 11) is -0.288. The molecule has 0 spiro atoms. The molecule has 24 heavy (non-hydrogen) atoms. The molecule has 3 aromatic rings. The van der Waals surface area contributed by atoms with Crippen molar-refractivity contribution in [2.24, 2.45) is 0 Å². The molecule has 0 radical (unpaired) electrons. The molecule has 0 aliphatic rings. The number of hydrogen-bond donors (Lipinski definition) is 1. The van der Waals surface area contributed by atoms with Crippen LogP contribution in [0.15, 0.2) is 72.8 Å². The Morgan fingerprint density at radius 3 is 1.92 bits per heavy atom. The van der Waals surface area contributed by atoms with E-state index in [1.165, 1.54) is 26.5 Å². The van der Waals surface area contributed by atoms with E-state index >= 15 is 0 Å². The molecule has 0 amide bonds. The second-order valence-corrected chi connectivity index (χ2v) is 9.31. The molecule has 0 aliphatic heterocycles. The minimum atomic E-state index is -0.288. The van der Waals surface area contributed by atoms with Crippen LogP contribution in [0.2, 0.25) is 0 Å². The summed E-state index contributed by atoms with van der Waals surface area (Å²) in [5.74, 6) is 0. The quantitative estimate of drug-likeness (QED) is 0.463. The Labute approximate surface area is 150 Å². The molecule has 0 saturated heterocycles. The zero-order valence-corrected chi connectivity index (χ0v) is 15.8. The van der Waals surface area contributed by atoms with Gasteiger partial charge in [0.05, 0.1) is 0 Å². The van der Waals surface area contributed by atoms with Crippen LogP contribution in [-0.4, -0.2) is 12.7 Å². The molecule has 1 heterocycles. The Balaban J connectivity index is 1.60. The topological polar surface area (TPSA) is 12.0 Å². The highest BCUT2D eigenvalue weighted by Crippen LogP contribution is 2.32. The third-order valence-corrected chi connectivity index (χ3v) is 7.76. The minimum absolute atomic E-state index is 0.288. The van der Waals surface area contributed by atoms with Gasteiger partial charge in [0, 0.05) is 22.8 Å². The zero-order valence-electron chi connectivity index (χ0n) is 14.1. The van der Waals surface area contributed by atoms with E-state index in [0.29, 0.717) is 0 Å². The Morgan fingerprint density at radius 2 is 1.38 bits per heavy atom. The molecule has 0 bridgehead atoms. The second-order valence-electron chi connectivity index (χ2n) is 5.72. The smallest absolute Gasteiger partial charge is 0.0299 e. The maximum Gasteiger partial charge on any atom is 0.0299 e. The van der Waals surface area contributed by atoms with Crippen molar-refractivity contribution in [1.29, 1.82) is 0 Å². The first-order valence-electron chi connectivity index (χ1n) is 8.53. The molecule has 1 N–H and O–H groups in total. The summed E-state index contributed by atoms with van der Waals surface area (Å²) < 4.78 is 0. The van der Waals surface area contributed by atoms with Crippen LogP contribution in [0.25, 0.3) is 0 Å². The third kappa shape index (κ3) is 4.77. The first-order chi connectivity index (χ1) is 11.9. The lowest BCUT2D eigenvalue weighted by Gasteiger charge is -2.19. The average Bonchev–Trinajstić information content (AvgIpc) is 3.11. The van der Waals surface area contributed by atoms with Crippen LogP contribution >= 0.6 is 19.3 Å². The maximum atomic E-state index is 3.64. The Hall–Kier alpha value is -1.47. The largest absolute Gasteiger partial charge is 0.311 e. The first-order valence-corrected chi connectivity index (χ1v) is 10.9. The Morgan fingerprint density at radius 1 is 0.792 bits per heavy atom. The standard InChI is InChI=1S/C21H24NPS/c1-2-20-13-14-21(24-20)17-22-15-16-23(18-9-5-3-6-10-18)19-11-7-4-8-12-19/h3-14,22H,2,15-17H2,1H3. The number of aryl methyl sites for hydroxylation is 1. The predicted molar refractivity (Wildman–Crippen MR) is 109 cm³/mol. The van der Waals surface area contributed by atoms with E-state index in [0.717, 1.165) is 19.5 Å². The van der Waals surface area contributed by atoms with Gasteiger partial charge in [-0.15, -0.1) is 11.3 Å². The summed E-state index contributed by atoms with van der Waals surface area (Å²) >= 11 is 1.93. The number of rotatable bonds is 8. The predicted octanol–water partition coefficient (Wildman–Crippen LogP) is 4.53. The van der Waals surface area contributed by atoms with Gasteiger partial charge in [-0.05, 0) is 43.2 Å². The molecule has 3 rings (SSSR count). The fourth-order valence-electron chi connectivity index (χ4n) is 2.73. The van der Waals surface area contributed by atoms with Gasteiger partial charge in [-0.1, -0.05) is 67.6 Å². The average molecular weight is 353 g/mol. The van der Waals surface area contributed by atoms with Gasteiger partial charge in [0.15, 0.2) is 0 Å². The van der Waals surface area contributed by atoms with Gasteiger partial charge < -0.3 is 5.32 Å². The molecule has 1 aromatic heterocycles. The van der Waals surface area contributed by atoms with E-state index in [9.17, 15) is 0 Å². The monoisotopic (exact) mass is 353 g/mol. The van der Waals surface area contributed by atoms with E-state index in [4.69, 9.17) is 0 Å². The van der Waals surface area contributed by atoms with Crippen LogP contribution in [-0.2, 0) is 13.0 Å². The Bertz CT molecular complexity index is 684. The van der Waals surface area contributed by atoms with E-state index in [1.807, 2.05) is 11.3 Å². The van der Waals surface area contributed by atoms with Crippen molar-refractivity contribution in [2.45, 2.75) is 19.9 Å². The maximum absolute atomic E-state index is 3.64. The summed E-state index contributed by atoms with van der Waals surface area (Å²) in [5.41, 5.74) is 0. The first kappa shape index (κ1) is 17.4. The molecule has 0 atom stereocenters. The molecule has 3 heteroatoms. The van der Waals surface area contributed by atoms with Crippen molar-refractivity contribution in [1.82, 2.24) is 5.32 Å². The van der Waals surface area contributed by atoms with E-state index in [2.05, 4.69) is 85.0 Å². The SMILES string of the molecule is CCc1ccc(CNCCP(c2ccccc2)c2ccccc2)s1. The molecule has 124 valence electrons. The van der Waals surface area contributed by atoms with Crippen molar-refractivity contribution < 1.29 is 0 Å². The molecule has 0 saturated carbocycles. The molecular formula is C21H24NPS. The van der Waals surface area contributed by atoms with Gasteiger partial charge in [0.1, 0.15) is 0 Å². The molecule has 0 fully saturated rings. The van der Waals surface area contributed by atoms with Gasteiger partial charge in [-0.25, -0.2) is 0 Å². The highest BCUT2D eigenvalue weighted by Gasteiger charge is 2.12. The van der Waals surface area contributed by atoms with Crippen molar-refractivity contribution >= 4 is 29.9 Å². The van der Waals surface area contributed by atoms with E-state index < -0.39 is 0 Å². The van der Waals surface area contributed by atoms with Crippen molar-refractivity contribution in [3.63, 3.8) is 0 Å². The summed E-state index contributed by atoms with van der Waals surface area (Å²) in [6.45, 7) is 4.25. The molecule has 1 nitrogen and oxygen atoms in total. The molecule has 2 aromatic carbocycles. The van der Waals surface area contributed by atoms with Gasteiger partial charge in [0.2, 0.25) is 0 Å². The van der Waals surface area contributed by atoms with Crippen molar-refractivity contribution in [3.8, 4) is 0 Å². The van der Waals surface area contributed by atoms with Crippen molar-refractivity contribution in [2.75, 3.05) is 12.7 Å². The van der Waals surface area contributed by atoms with Gasteiger partial charge in [-0.2, -0.15) is 0 Å². The minimum Gasteiger partial charge on any atom is -0.311 e. The highest BCUT2D eigenvalue weighted by atomic mass is 32.1. The molecule has 0 unspecified atom stereocenters. The normalized spacial score (nSPS) is 11.1. The molecular weight excluding hydrogens is 329 g/mol. The van der Waals surface area contributed by atoms with Gasteiger partial charge in [0.25, 0.3) is 0 Å². The second kappa shape index (κ2) is 9.13. The lowest BCUT2D eigenvalue weighted by Crippen LogP contribution is -2.22. The highest BCUT2D eigenvalue weighted by molar-refractivity contribution is 7.73. The Kier molecular flexibility index (Phi) is 6.60. The fourth-order valence-corrected chi connectivity index (χ4v) is 5.92. The van der Waals surface area contributed by atoms with Gasteiger partial charge in [-0.3, -0.25) is 0 Å². The van der Waals surface area contributed by atoms with E-state index in [1.54, 1.807) is 0 Å². The van der Waals surface area contributed by atoms with Gasteiger partial charge >= 0.3 is 0 Å². The van der Waals surface area contributed by atoms with Crippen LogP contribution in [0, 0.1) is 0 Å². The van der Waals surface area contributed by atoms with Crippen LogP contribution in [0.5, 0.6) is 0 Å². The fraction of sp³-hybridized carbons (Fsp3) is 0.238. The zero-order chi connectivity index (χ0) is 16.6. The summed E-state index contributed by atoms with van der Waals surface area (Å²) in [5, 5.41) is 6.56. The summed E-state index contributed by atoms with van der Waals surface area (Å²) in [6.07, 6.45) is 2.31. The number of benzene rings is 2. The molecule has 0 aliphatic carbocycles. The van der Waals surface area contributed by atoms with E-state index in [-0.39, 0.29) is 7.92 Å². The third-order valence-electron chi connectivity index (χ3n) is 4.01. The van der Waals surface area contributed by atoms with Crippen LogP contribution < -0.4 is 15.9 Å². The van der Waals surface area contributed by atoms with Crippen LogP contribution in [0.3, 0.4) is 0 Å². The van der Waals surface area contributed by atoms with Crippen molar-refractivity contribution in [3.05, 3.63) is 82.6 Å². The lowest BCUT2D eigenvalue weighted by molar-refractivity contribution is 0.740. The number of hydrogen-bond acceptors (Lipinski definition) is 2. The number of nitrogens with one attached hydrogen (secondary N) is 1. The lowest BCUT2D eigenvalue weighted by atomic mass is 10.3. The number of thiophene rings is 1. The summed E-state index contributed by atoms with van der Waals surface area (Å²) in [4.78, 5) is 2.92. The summed E-state index contributed by atoms with van der Waals surface area (Å²) in [6, 6.07) is 26.4.